The molecule has 0 saturated carbocycles. The standard InChI is InChI=1S/C6H7N5S/c1-11-3-2-8-6(11)4-5(7)10-12-9-4/h2-3H,1H3,(H2,7,10). The second-order valence-electron chi connectivity index (χ2n) is 2.36. The number of hydrogen-bond acceptors (Lipinski definition) is 5. The number of nitrogens with two attached hydrogens (primary N) is 1. The molecule has 0 aliphatic rings. The Morgan fingerprint density at radius 2 is 2.33 bits per heavy atom. The van der Waals surface area contributed by atoms with Gasteiger partial charge in [0.2, 0.25) is 0 Å². The van der Waals surface area contributed by atoms with Gasteiger partial charge in [-0.25, -0.2) is 4.98 Å². The number of aromatic nitrogens is 4. The molecule has 0 amide bonds. The van der Waals surface area contributed by atoms with E-state index in [2.05, 4.69) is 13.7 Å². The van der Waals surface area contributed by atoms with Gasteiger partial charge in [-0.15, -0.1) is 0 Å². The summed E-state index contributed by atoms with van der Waals surface area (Å²) in [5, 5.41) is 0. The predicted molar refractivity (Wildman–Crippen MR) is 46.5 cm³/mol. The Hall–Kier alpha value is -1.43. The Bertz CT molecular complexity index is 352. The highest BCUT2D eigenvalue weighted by Crippen LogP contribution is 2.20. The molecule has 5 nitrogen and oxygen atoms in total. The van der Waals surface area contributed by atoms with Crippen LogP contribution in [0.4, 0.5) is 5.82 Å². The fourth-order valence-corrected chi connectivity index (χ4v) is 1.42. The third-order valence-electron chi connectivity index (χ3n) is 1.55. The number of anilines is 1. The summed E-state index contributed by atoms with van der Waals surface area (Å²) in [5.41, 5.74) is 6.24. The molecule has 0 aliphatic carbocycles. The van der Waals surface area contributed by atoms with Crippen LogP contribution in [0, 0.1) is 0 Å². The second kappa shape index (κ2) is 2.56. The summed E-state index contributed by atoms with van der Waals surface area (Å²) >= 11 is 1.09. The zero-order chi connectivity index (χ0) is 8.55. The fourth-order valence-electron chi connectivity index (χ4n) is 0.944. The topological polar surface area (TPSA) is 69.6 Å². The van der Waals surface area contributed by atoms with Crippen molar-refractivity contribution in [2.75, 3.05) is 5.73 Å². The Kier molecular flexibility index (Phi) is 1.54. The lowest BCUT2D eigenvalue weighted by Gasteiger charge is -1.96. The minimum atomic E-state index is 0.439. The highest BCUT2D eigenvalue weighted by Gasteiger charge is 2.10. The number of imidazole rings is 1. The molecular formula is C6H7N5S. The van der Waals surface area contributed by atoms with Gasteiger partial charge in [-0.2, -0.15) is 8.75 Å². The SMILES string of the molecule is Cn1ccnc1-c1nsnc1N. The van der Waals surface area contributed by atoms with Crippen LogP contribution in [0.5, 0.6) is 0 Å². The molecule has 0 aliphatic heterocycles. The summed E-state index contributed by atoms with van der Waals surface area (Å²) in [6.45, 7) is 0. The van der Waals surface area contributed by atoms with E-state index in [1.807, 2.05) is 17.8 Å². The van der Waals surface area contributed by atoms with E-state index in [1.165, 1.54) is 0 Å². The van der Waals surface area contributed by atoms with Gasteiger partial charge in [0.05, 0.1) is 11.7 Å². The number of hydrogen-bond donors (Lipinski definition) is 1. The lowest BCUT2D eigenvalue weighted by Crippen LogP contribution is -1.95. The molecule has 2 rings (SSSR count). The van der Waals surface area contributed by atoms with Crippen LogP contribution in [0.25, 0.3) is 11.5 Å². The molecule has 2 heterocycles. The first kappa shape index (κ1) is 7.23. The molecule has 2 aromatic heterocycles. The van der Waals surface area contributed by atoms with Gasteiger partial charge >= 0.3 is 0 Å². The summed E-state index contributed by atoms with van der Waals surface area (Å²) in [6, 6.07) is 0. The molecule has 2 N–H and O–H groups in total. The molecule has 0 unspecified atom stereocenters. The van der Waals surface area contributed by atoms with Crippen LogP contribution >= 0.6 is 11.7 Å². The summed E-state index contributed by atoms with van der Waals surface area (Å²) in [7, 11) is 1.89. The van der Waals surface area contributed by atoms with Crippen molar-refractivity contribution in [1.82, 2.24) is 18.3 Å². The third kappa shape index (κ3) is 0.964. The Morgan fingerprint density at radius 3 is 2.83 bits per heavy atom. The fraction of sp³-hybridized carbons (Fsp3) is 0.167. The van der Waals surface area contributed by atoms with Crippen molar-refractivity contribution < 1.29 is 0 Å². The maximum Gasteiger partial charge on any atom is 0.168 e. The lowest BCUT2D eigenvalue weighted by molar-refractivity contribution is 0.921. The number of rotatable bonds is 1. The molecule has 0 aromatic carbocycles. The molecule has 0 atom stereocenters. The molecular weight excluding hydrogens is 174 g/mol. The van der Waals surface area contributed by atoms with Gasteiger partial charge in [0, 0.05) is 19.4 Å². The molecule has 2 aromatic rings. The smallest absolute Gasteiger partial charge is 0.168 e. The monoisotopic (exact) mass is 181 g/mol. The largest absolute Gasteiger partial charge is 0.381 e. The zero-order valence-electron chi connectivity index (χ0n) is 6.43. The Balaban J connectivity index is 2.57. The maximum absolute atomic E-state index is 5.58. The summed E-state index contributed by atoms with van der Waals surface area (Å²) < 4.78 is 9.76. The van der Waals surface area contributed by atoms with Crippen molar-refractivity contribution in [2.45, 2.75) is 0 Å². The van der Waals surface area contributed by atoms with Gasteiger partial charge in [0.25, 0.3) is 0 Å². The first-order chi connectivity index (χ1) is 5.79. The minimum Gasteiger partial charge on any atom is -0.381 e. The highest BCUT2D eigenvalue weighted by molar-refractivity contribution is 6.99. The van der Waals surface area contributed by atoms with Crippen molar-refractivity contribution in [3.63, 3.8) is 0 Å². The molecule has 0 spiro atoms. The van der Waals surface area contributed by atoms with Crippen LogP contribution in [0.1, 0.15) is 0 Å². The van der Waals surface area contributed by atoms with Gasteiger partial charge in [0.15, 0.2) is 17.3 Å². The van der Waals surface area contributed by atoms with Gasteiger partial charge in [-0.1, -0.05) is 0 Å². The van der Waals surface area contributed by atoms with Crippen LogP contribution in [0.15, 0.2) is 12.4 Å². The van der Waals surface area contributed by atoms with E-state index in [-0.39, 0.29) is 0 Å². The van der Waals surface area contributed by atoms with Crippen molar-refractivity contribution in [3.8, 4) is 11.5 Å². The third-order valence-corrected chi connectivity index (χ3v) is 2.09. The number of nitrogen functional groups attached to an aromatic ring is 1. The molecule has 0 bridgehead atoms. The van der Waals surface area contributed by atoms with E-state index in [0.717, 1.165) is 17.6 Å². The van der Waals surface area contributed by atoms with Crippen LogP contribution in [-0.2, 0) is 7.05 Å². The average Bonchev–Trinajstić information content (AvgIpc) is 2.59. The Labute approximate surface area is 73.2 Å². The molecule has 12 heavy (non-hydrogen) atoms. The molecule has 0 radical (unpaired) electrons. The maximum atomic E-state index is 5.58. The van der Waals surface area contributed by atoms with E-state index in [0.29, 0.717) is 11.5 Å². The molecule has 0 saturated heterocycles. The second-order valence-corrected chi connectivity index (χ2v) is 2.89. The average molecular weight is 181 g/mol. The molecule has 0 fully saturated rings. The van der Waals surface area contributed by atoms with Crippen molar-refractivity contribution in [3.05, 3.63) is 12.4 Å². The van der Waals surface area contributed by atoms with Crippen molar-refractivity contribution in [2.24, 2.45) is 7.05 Å². The van der Waals surface area contributed by atoms with E-state index in [9.17, 15) is 0 Å². The predicted octanol–water partition coefficient (Wildman–Crippen LogP) is 0.521. The Morgan fingerprint density at radius 1 is 1.50 bits per heavy atom. The van der Waals surface area contributed by atoms with Crippen LogP contribution in [0.2, 0.25) is 0 Å². The number of nitrogens with zero attached hydrogens (tertiary/aromatic N) is 4. The molecule has 62 valence electrons. The zero-order valence-corrected chi connectivity index (χ0v) is 7.25. The van der Waals surface area contributed by atoms with E-state index >= 15 is 0 Å². The summed E-state index contributed by atoms with van der Waals surface area (Å²) in [6.07, 6.45) is 3.54. The normalized spacial score (nSPS) is 10.4. The van der Waals surface area contributed by atoms with Crippen molar-refractivity contribution >= 4 is 17.5 Å². The van der Waals surface area contributed by atoms with Gasteiger partial charge in [0.1, 0.15) is 0 Å². The van der Waals surface area contributed by atoms with E-state index in [1.54, 1.807) is 6.20 Å². The highest BCUT2D eigenvalue weighted by atomic mass is 32.1. The minimum absolute atomic E-state index is 0.439. The summed E-state index contributed by atoms with van der Waals surface area (Å²) in [4.78, 5) is 4.11. The van der Waals surface area contributed by atoms with E-state index < -0.39 is 0 Å². The van der Waals surface area contributed by atoms with Gasteiger partial charge in [-0.3, -0.25) is 0 Å². The van der Waals surface area contributed by atoms with Crippen LogP contribution in [0.3, 0.4) is 0 Å². The number of aryl methyl sites for hydroxylation is 1. The van der Waals surface area contributed by atoms with Crippen LogP contribution in [-0.4, -0.2) is 18.3 Å². The van der Waals surface area contributed by atoms with Gasteiger partial charge in [-0.05, 0) is 0 Å². The first-order valence-corrected chi connectivity index (χ1v) is 4.08. The first-order valence-electron chi connectivity index (χ1n) is 3.35. The summed E-state index contributed by atoms with van der Waals surface area (Å²) in [5.74, 6) is 1.19. The molecule has 6 heteroatoms. The van der Waals surface area contributed by atoms with Crippen LogP contribution < -0.4 is 5.73 Å². The quantitative estimate of drug-likeness (QED) is 0.696. The lowest BCUT2D eigenvalue weighted by atomic mass is 10.4. The van der Waals surface area contributed by atoms with E-state index in [4.69, 9.17) is 5.73 Å². The van der Waals surface area contributed by atoms with Gasteiger partial charge < -0.3 is 10.3 Å². The van der Waals surface area contributed by atoms with Crippen molar-refractivity contribution in [1.29, 1.82) is 0 Å².